The van der Waals surface area contributed by atoms with E-state index in [1.54, 1.807) is 29.2 Å². The van der Waals surface area contributed by atoms with Crippen LogP contribution in [0.1, 0.15) is 30.3 Å². The van der Waals surface area contributed by atoms with Crippen molar-refractivity contribution in [1.29, 1.82) is 0 Å². The minimum atomic E-state index is -0.111. The van der Waals surface area contributed by atoms with Crippen LogP contribution < -0.4 is 10.6 Å². The van der Waals surface area contributed by atoms with Gasteiger partial charge in [0.05, 0.1) is 0 Å². The molecule has 0 aliphatic carbocycles. The number of rotatable bonds is 4. The summed E-state index contributed by atoms with van der Waals surface area (Å²) in [6.45, 7) is 3.05. The molecule has 2 amide bonds. The van der Waals surface area contributed by atoms with Crippen LogP contribution in [0, 0.1) is 0 Å². The van der Waals surface area contributed by atoms with Crippen LogP contribution in [0.4, 0.5) is 17.2 Å². The number of aromatic nitrogens is 2. The van der Waals surface area contributed by atoms with Gasteiger partial charge in [-0.25, -0.2) is 0 Å². The third kappa shape index (κ3) is 3.87. The van der Waals surface area contributed by atoms with Crippen LogP contribution in [0.25, 0.3) is 0 Å². The smallest absolute Gasteiger partial charge is 0.274 e. The summed E-state index contributed by atoms with van der Waals surface area (Å²) in [7, 11) is 0. The Morgan fingerprint density at radius 1 is 0.958 bits per heavy atom. The number of nitrogens with one attached hydrogen (secondary N) is 2. The fourth-order valence-corrected chi connectivity index (χ4v) is 2.58. The highest BCUT2D eigenvalue weighted by atomic mass is 16.2. The summed E-state index contributed by atoms with van der Waals surface area (Å²) in [6, 6.07) is 10.7. The van der Waals surface area contributed by atoms with E-state index in [-0.39, 0.29) is 11.8 Å². The molecule has 1 aliphatic rings. The van der Waals surface area contributed by atoms with E-state index in [9.17, 15) is 9.59 Å². The van der Waals surface area contributed by atoms with Crippen molar-refractivity contribution < 1.29 is 9.59 Å². The number of nitrogens with zero attached hydrogens (tertiary/aromatic N) is 3. The molecule has 0 bridgehead atoms. The second kappa shape index (κ2) is 7.08. The average Bonchev–Trinajstić information content (AvgIpc) is 3.11. The number of benzene rings is 1. The maximum atomic E-state index is 12.2. The van der Waals surface area contributed by atoms with E-state index in [2.05, 4.69) is 20.8 Å². The molecule has 0 radical (unpaired) electrons. The quantitative estimate of drug-likeness (QED) is 0.901. The van der Waals surface area contributed by atoms with E-state index in [1.807, 2.05) is 12.1 Å². The standard InChI is InChI=1S/C17H19N5O2/c1-12(23)18-13-4-6-14(7-5-13)19-16-9-8-15(20-21-16)17(24)22-10-2-3-11-22/h4-9H,2-3,10-11H2,1H3,(H,18,23)(H,19,21). The topological polar surface area (TPSA) is 87.2 Å². The molecule has 1 aromatic carbocycles. The van der Waals surface area contributed by atoms with Crippen LogP contribution in [0.5, 0.6) is 0 Å². The zero-order valence-corrected chi connectivity index (χ0v) is 13.5. The van der Waals surface area contributed by atoms with Gasteiger partial charge in [0.1, 0.15) is 0 Å². The van der Waals surface area contributed by atoms with E-state index in [1.165, 1.54) is 6.92 Å². The molecule has 0 unspecified atom stereocenters. The summed E-state index contributed by atoms with van der Waals surface area (Å²) >= 11 is 0. The summed E-state index contributed by atoms with van der Waals surface area (Å²) in [5.74, 6) is 0.381. The first kappa shape index (κ1) is 15.9. The third-order valence-electron chi connectivity index (χ3n) is 3.75. The molecule has 2 aromatic rings. The van der Waals surface area contributed by atoms with Crippen molar-refractivity contribution in [3.8, 4) is 0 Å². The van der Waals surface area contributed by atoms with Crippen LogP contribution in [-0.2, 0) is 4.79 Å². The lowest BCUT2D eigenvalue weighted by molar-refractivity contribution is -0.114. The highest BCUT2D eigenvalue weighted by molar-refractivity contribution is 5.92. The van der Waals surface area contributed by atoms with Gasteiger partial charge in [0.25, 0.3) is 5.91 Å². The first-order valence-corrected chi connectivity index (χ1v) is 7.89. The van der Waals surface area contributed by atoms with E-state index >= 15 is 0 Å². The predicted octanol–water partition coefficient (Wildman–Crippen LogP) is 2.41. The van der Waals surface area contributed by atoms with Gasteiger partial charge >= 0.3 is 0 Å². The van der Waals surface area contributed by atoms with Gasteiger partial charge in [0.2, 0.25) is 5.91 Å². The molecule has 24 heavy (non-hydrogen) atoms. The summed E-state index contributed by atoms with van der Waals surface area (Å²) < 4.78 is 0. The number of hydrogen-bond donors (Lipinski definition) is 2. The predicted molar refractivity (Wildman–Crippen MR) is 91.2 cm³/mol. The van der Waals surface area contributed by atoms with E-state index in [0.29, 0.717) is 11.5 Å². The van der Waals surface area contributed by atoms with Gasteiger partial charge in [-0.2, -0.15) is 0 Å². The van der Waals surface area contributed by atoms with Gasteiger partial charge in [-0.15, -0.1) is 10.2 Å². The highest BCUT2D eigenvalue weighted by Gasteiger charge is 2.20. The number of anilines is 3. The number of carbonyl (C=O) groups is 2. The first-order valence-electron chi connectivity index (χ1n) is 7.89. The van der Waals surface area contributed by atoms with Crippen molar-refractivity contribution in [2.45, 2.75) is 19.8 Å². The Balaban J connectivity index is 1.63. The highest BCUT2D eigenvalue weighted by Crippen LogP contribution is 2.18. The lowest BCUT2D eigenvalue weighted by Crippen LogP contribution is -2.28. The van der Waals surface area contributed by atoms with Crippen LogP contribution in [0.3, 0.4) is 0 Å². The molecule has 0 saturated carbocycles. The molecule has 1 saturated heterocycles. The monoisotopic (exact) mass is 325 g/mol. The number of likely N-dealkylation sites (tertiary alicyclic amines) is 1. The normalized spacial score (nSPS) is 13.6. The average molecular weight is 325 g/mol. The molecule has 1 fully saturated rings. The number of hydrogen-bond acceptors (Lipinski definition) is 5. The maximum Gasteiger partial charge on any atom is 0.274 e. The summed E-state index contributed by atoms with van der Waals surface area (Å²) in [5, 5.41) is 13.9. The van der Waals surface area contributed by atoms with Crippen LogP contribution in [-0.4, -0.2) is 40.0 Å². The van der Waals surface area contributed by atoms with Crippen molar-refractivity contribution >= 4 is 29.0 Å². The van der Waals surface area contributed by atoms with Gasteiger partial charge < -0.3 is 15.5 Å². The Morgan fingerprint density at radius 3 is 2.21 bits per heavy atom. The second-order valence-electron chi connectivity index (χ2n) is 5.69. The lowest BCUT2D eigenvalue weighted by atomic mass is 10.2. The van der Waals surface area contributed by atoms with Gasteiger partial charge in [0.15, 0.2) is 11.5 Å². The zero-order chi connectivity index (χ0) is 16.9. The minimum Gasteiger partial charge on any atom is -0.339 e. The Labute approximate surface area is 140 Å². The Hall–Kier alpha value is -2.96. The van der Waals surface area contributed by atoms with Crippen LogP contribution in [0.15, 0.2) is 36.4 Å². The molecule has 1 aromatic heterocycles. The first-order chi connectivity index (χ1) is 11.6. The SMILES string of the molecule is CC(=O)Nc1ccc(Nc2ccc(C(=O)N3CCCC3)nn2)cc1. The van der Waals surface area contributed by atoms with E-state index in [4.69, 9.17) is 0 Å². The fourth-order valence-electron chi connectivity index (χ4n) is 2.58. The summed E-state index contributed by atoms with van der Waals surface area (Å²) in [4.78, 5) is 25.0. The largest absolute Gasteiger partial charge is 0.339 e. The maximum absolute atomic E-state index is 12.2. The van der Waals surface area contributed by atoms with Crippen molar-refractivity contribution in [2.24, 2.45) is 0 Å². The van der Waals surface area contributed by atoms with Crippen LogP contribution in [0.2, 0.25) is 0 Å². The molecular weight excluding hydrogens is 306 g/mol. The minimum absolute atomic E-state index is 0.0637. The molecule has 3 rings (SSSR count). The fraction of sp³-hybridized carbons (Fsp3) is 0.294. The molecule has 0 atom stereocenters. The van der Waals surface area contributed by atoms with Crippen molar-refractivity contribution in [1.82, 2.24) is 15.1 Å². The molecule has 124 valence electrons. The second-order valence-corrected chi connectivity index (χ2v) is 5.69. The van der Waals surface area contributed by atoms with Crippen molar-refractivity contribution in [3.63, 3.8) is 0 Å². The Bertz CT molecular complexity index is 722. The van der Waals surface area contributed by atoms with Gasteiger partial charge in [-0.1, -0.05) is 0 Å². The molecule has 1 aliphatic heterocycles. The van der Waals surface area contributed by atoms with Gasteiger partial charge in [-0.05, 0) is 49.2 Å². The van der Waals surface area contributed by atoms with E-state index in [0.717, 1.165) is 37.3 Å². The van der Waals surface area contributed by atoms with E-state index < -0.39 is 0 Å². The van der Waals surface area contributed by atoms with Crippen LogP contribution >= 0.6 is 0 Å². The van der Waals surface area contributed by atoms with Crippen molar-refractivity contribution in [3.05, 3.63) is 42.1 Å². The van der Waals surface area contributed by atoms with Gasteiger partial charge in [0, 0.05) is 31.4 Å². The zero-order valence-electron chi connectivity index (χ0n) is 13.5. The molecule has 2 N–H and O–H groups in total. The Kier molecular flexibility index (Phi) is 4.69. The van der Waals surface area contributed by atoms with Gasteiger partial charge in [-0.3, -0.25) is 9.59 Å². The molecule has 7 nitrogen and oxygen atoms in total. The number of carbonyl (C=O) groups excluding carboxylic acids is 2. The number of amides is 2. The molecule has 0 spiro atoms. The van der Waals surface area contributed by atoms with Crippen molar-refractivity contribution in [2.75, 3.05) is 23.7 Å². The molecule has 7 heteroatoms. The lowest BCUT2D eigenvalue weighted by Gasteiger charge is -2.14. The third-order valence-corrected chi connectivity index (χ3v) is 3.75. The molecular formula is C17H19N5O2. The summed E-state index contributed by atoms with van der Waals surface area (Å²) in [6.07, 6.45) is 2.10. The molecule has 2 heterocycles. The summed E-state index contributed by atoms with van der Waals surface area (Å²) in [5.41, 5.74) is 1.91. The Morgan fingerprint density at radius 2 is 1.62 bits per heavy atom.